The van der Waals surface area contributed by atoms with E-state index in [-0.39, 0.29) is 29.4 Å². The van der Waals surface area contributed by atoms with Crippen molar-refractivity contribution in [3.8, 4) is 0 Å². The highest BCUT2D eigenvalue weighted by Gasteiger charge is 2.39. The number of carbonyl (C=O) groups excluding carboxylic acids is 1. The molecule has 2 saturated heterocycles. The standard InChI is InChI=1S/C21H24FN3O6S2/c22-16-3-7-19(8-4-16)33(29,30)25-11-1-2-20(25)21(26)23-17-5-9-18(10-6-17)32(27,28)24-12-14-31-15-13-24/h3-10,20H,1-2,11-15H2,(H,23,26)/t20-/m1/s1. The van der Waals surface area contributed by atoms with Crippen LogP contribution in [0.4, 0.5) is 10.1 Å². The van der Waals surface area contributed by atoms with E-state index in [0.717, 1.165) is 16.4 Å². The molecule has 2 aromatic carbocycles. The third-order valence-corrected chi connectivity index (χ3v) is 9.49. The van der Waals surface area contributed by atoms with Gasteiger partial charge in [0, 0.05) is 25.3 Å². The summed E-state index contributed by atoms with van der Waals surface area (Å²) in [5.74, 6) is -1.06. The number of halogens is 1. The van der Waals surface area contributed by atoms with E-state index >= 15 is 0 Å². The van der Waals surface area contributed by atoms with Gasteiger partial charge in [-0.3, -0.25) is 4.79 Å². The zero-order chi connectivity index (χ0) is 23.6. The number of anilines is 1. The summed E-state index contributed by atoms with van der Waals surface area (Å²) in [7, 11) is -7.63. The van der Waals surface area contributed by atoms with Gasteiger partial charge < -0.3 is 10.1 Å². The molecule has 1 atom stereocenters. The second-order valence-corrected chi connectivity index (χ2v) is 11.6. The summed E-state index contributed by atoms with van der Waals surface area (Å²) in [4.78, 5) is 12.9. The molecule has 0 spiro atoms. The van der Waals surface area contributed by atoms with E-state index in [9.17, 15) is 26.0 Å². The lowest BCUT2D eigenvalue weighted by atomic mass is 10.2. The van der Waals surface area contributed by atoms with Gasteiger partial charge in [0.1, 0.15) is 11.9 Å². The van der Waals surface area contributed by atoms with Gasteiger partial charge in [-0.2, -0.15) is 8.61 Å². The summed E-state index contributed by atoms with van der Waals surface area (Å²) in [6, 6.07) is 9.30. The van der Waals surface area contributed by atoms with Crippen LogP contribution in [0.15, 0.2) is 58.3 Å². The SMILES string of the molecule is O=C(Nc1ccc(S(=O)(=O)N2CCOCC2)cc1)[C@H]1CCCN1S(=O)(=O)c1ccc(F)cc1. The van der Waals surface area contributed by atoms with Crippen LogP contribution < -0.4 is 5.32 Å². The lowest BCUT2D eigenvalue weighted by Gasteiger charge is -2.26. The summed E-state index contributed by atoms with van der Waals surface area (Å²) >= 11 is 0. The minimum atomic E-state index is -3.97. The van der Waals surface area contributed by atoms with Crippen LogP contribution in [0, 0.1) is 5.82 Å². The average molecular weight is 498 g/mol. The fourth-order valence-electron chi connectivity index (χ4n) is 3.90. The van der Waals surface area contributed by atoms with Crippen LogP contribution in [0.3, 0.4) is 0 Å². The van der Waals surface area contributed by atoms with Crippen molar-refractivity contribution in [2.24, 2.45) is 0 Å². The second-order valence-electron chi connectivity index (χ2n) is 7.76. The Morgan fingerprint density at radius 3 is 2.09 bits per heavy atom. The van der Waals surface area contributed by atoms with Crippen LogP contribution in [0.1, 0.15) is 12.8 Å². The van der Waals surface area contributed by atoms with Crippen molar-refractivity contribution in [2.75, 3.05) is 38.2 Å². The Bertz CT molecular complexity index is 1210. The zero-order valence-electron chi connectivity index (χ0n) is 17.7. The van der Waals surface area contributed by atoms with Crippen LogP contribution in [0.2, 0.25) is 0 Å². The van der Waals surface area contributed by atoms with E-state index in [4.69, 9.17) is 4.74 Å². The number of carbonyl (C=O) groups is 1. The molecule has 33 heavy (non-hydrogen) atoms. The topological polar surface area (TPSA) is 113 Å². The molecule has 0 radical (unpaired) electrons. The van der Waals surface area contributed by atoms with Crippen LogP contribution >= 0.6 is 0 Å². The minimum absolute atomic E-state index is 0.0822. The summed E-state index contributed by atoms with van der Waals surface area (Å²) < 4.78 is 72.2. The maximum absolute atomic E-state index is 13.2. The number of nitrogens with zero attached hydrogens (tertiary/aromatic N) is 2. The highest BCUT2D eigenvalue weighted by Crippen LogP contribution is 2.27. The van der Waals surface area contributed by atoms with Gasteiger partial charge >= 0.3 is 0 Å². The van der Waals surface area contributed by atoms with E-state index in [1.807, 2.05) is 0 Å². The first-order chi connectivity index (χ1) is 15.7. The maximum atomic E-state index is 13.2. The first-order valence-electron chi connectivity index (χ1n) is 10.5. The monoisotopic (exact) mass is 497 g/mol. The lowest BCUT2D eigenvalue weighted by molar-refractivity contribution is -0.119. The summed E-state index contributed by atoms with van der Waals surface area (Å²) in [6.07, 6.45) is 0.852. The van der Waals surface area contributed by atoms with Crippen LogP contribution in [0.25, 0.3) is 0 Å². The third-order valence-electron chi connectivity index (χ3n) is 5.66. The summed E-state index contributed by atoms with van der Waals surface area (Å²) in [5.41, 5.74) is 0.354. The van der Waals surface area contributed by atoms with Crippen molar-refractivity contribution in [2.45, 2.75) is 28.7 Å². The number of amides is 1. The third kappa shape index (κ3) is 4.94. The predicted molar refractivity (Wildman–Crippen MR) is 118 cm³/mol. The van der Waals surface area contributed by atoms with E-state index < -0.39 is 37.8 Å². The lowest BCUT2D eigenvalue weighted by Crippen LogP contribution is -2.43. The Morgan fingerprint density at radius 1 is 0.879 bits per heavy atom. The van der Waals surface area contributed by atoms with Gasteiger partial charge in [-0.05, 0) is 61.4 Å². The normalized spacial score (nSPS) is 20.6. The smallest absolute Gasteiger partial charge is 0.243 e. The number of rotatable bonds is 6. The fraction of sp³-hybridized carbons (Fsp3) is 0.381. The Hall–Kier alpha value is -2.38. The van der Waals surface area contributed by atoms with Gasteiger partial charge in [0.05, 0.1) is 23.0 Å². The van der Waals surface area contributed by atoms with Crippen molar-refractivity contribution >= 4 is 31.6 Å². The molecular weight excluding hydrogens is 473 g/mol. The van der Waals surface area contributed by atoms with Crippen LogP contribution in [0.5, 0.6) is 0 Å². The maximum Gasteiger partial charge on any atom is 0.243 e. The molecule has 0 saturated carbocycles. The number of sulfonamides is 2. The molecule has 0 aliphatic carbocycles. The van der Waals surface area contributed by atoms with E-state index in [1.54, 1.807) is 0 Å². The number of hydrogen-bond acceptors (Lipinski definition) is 6. The Kier molecular flexibility index (Phi) is 6.82. The number of nitrogens with one attached hydrogen (secondary N) is 1. The molecule has 178 valence electrons. The molecule has 2 aromatic rings. The molecule has 1 N–H and O–H groups in total. The average Bonchev–Trinajstić information content (AvgIpc) is 3.32. The van der Waals surface area contributed by atoms with E-state index in [2.05, 4.69) is 5.32 Å². The van der Waals surface area contributed by atoms with Crippen LogP contribution in [-0.2, 0) is 29.6 Å². The van der Waals surface area contributed by atoms with E-state index in [0.29, 0.717) is 31.7 Å². The fourth-order valence-corrected chi connectivity index (χ4v) is 6.97. The van der Waals surface area contributed by atoms with Gasteiger partial charge in [-0.25, -0.2) is 21.2 Å². The Balaban J connectivity index is 1.47. The predicted octanol–water partition coefficient (Wildman–Crippen LogP) is 1.64. The molecule has 12 heteroatoms. The molecule has 2 heterocycles. The van der Waals surface area contributed by atoms with Crippen molar-refractivity contribution in [1.82, 2.24) is 8.61 Å². The molecule has 9 nitrogen and oxygen atoms in total. The molecule has 2 fully saturated rings. The quantitative estimate of drug-likeness (QED) is 0.649. The van der Waals surface area contributed by atoms with Gasteiger partial charge in [0.15, 0.2) is 0 Å². The zero-order valence-corrected chi connectivity index (χ0v) is 19.3. The number of benzene rings is 2. The molecule has 4 rings (SSSR count). The molecule has 0 aromatic heterocycles. The number of ether oxygens (including phenoxy) is 1. The first-order valence-corrected chi connectivity index (χ1v) is 13.3. The Labute approximate surface area is 192 Å². The highest BCUT2D eigenvalue weighted by atomic mass is 32.2. The molecular formula is C21H24FN3O6S2. The summed E-state index contributed by atoms with van der Waals surface area (Å²) in [5, 5.41) is 2.67. The van der Waals surface area contributed by atoms with Crippen LogP contribution in [-0.4, -0.2) is 70.2 Å². The second kappa shape index (κ2) is 9.47. The van der Waals surface area contributed by atoms with Crippen molar-refractivity contribution < 1.29 is 30.8 Å². The molecule has 0 unspecified atom stereocenters. The van der Waals surface area contributed by atoms with E-state index in [1.165, 1.54) is 40.7 Å². The van der Waals surface area contributed by atoms with Crippen molar-refractivity contribution in [3.63, 3.8) is 0 Å². The van der Waals surface area contributed by atoms with Crippen molar-refractivity contribution in [3.05, 3.63) is 54.3 Å². The highest BCUT2D eigenvalue weighted by molar-refractivity contribution is 7.89. The number of hydrogen-bond donors (Lipinski definition) is 1. The number of morpholine rings is 1. The van der Waals surface area contributed by atoms with Gasteiger partial charge in [-0.15, -0.1) is 0 Å². The molecule has 0 bridgehead atoms. The first kappa shape index (κ1) is 23.8. The van der Waals surface area contributed by atoms with Crippen molar-refractivity contribution in [1.29, 1.82) is 0 Å². The molecule has 2 aliphatic heterocycles. The van der Waals surface area contributed by atoms with Gasteiger partial charge in [-0.1, -0.05) is 0 Å². The van der Waals surface area contributed by atoms with Gasteiger partial charge in [0.25, 0.3) is 0 Å². The minimum Gasteiger partial charge on any atom is -0.379 e. The Morgan fingerprint density at radius 2 is 1.45 bits per heavy atom. The largest absolute Gasteiger partial charge is 0.379 e. The molecule has 2 aliphatic rings. The molecule has 1 amide bonds. The summed E-state index contributed by atoms with van der Waals surface area (Å²) in [6.45, 7) is 1.41. The van der Waals surface area contributed by atoms with Gasteiger partial charge in [0.2, 0.25) is 26.0 Å².